The van der Waals surface area contributed by atoms with E-state index >= 15 is 0 Å². The van der Waals surface area contributed by atoms with E-state index in [-0.39, 0.29) is 6.54 Å². The van der Waals surface area contributed by atoms with Crippen molar-refractivity contribution >= 4 is 17.0 Å². The van der Waals surface area contributed by atoms with Gasteiger partial charge in [-0.1, -0.05) is 0 Å². The first-order chi connectivity index (χ1) is 14.4. The van der Waals surface area contributed by atoms with E-state index in [0.29, 0.717) is 28.5 Å². The quantitative estimate of drug-likeness (QED) is 0.484. The molecular formula is C20H21F2N7O. The van der Waals surface area contributed by atoms with Crippen LogP contribution in [0.3, 0.4) is 0 Å². The second kappa shape index (κ2) is 8.15. The van der Waals surface area contributed by atoms with E-state index in [4.69, 9.17) is 0 Å². The van der Waals surface area contributed by atoms with Crippen LogP contribution >= 0.6 is 0 Å². The van der Waals surface area contributed by atoms with Gasteiger partial charge in [-0.25, -0.2) is 18.7 Å². The van der Waals surface area contributed by atoms with Crippen LogP contribution < -0.4 is 5.32 Å². The predicted molar refractivity (Wildman–Crippen MR) is 109 cm³/mol. The average Bonchev–Trinajstić information content (AvgIpc) is 3.30. The molecule has 4 aromatic heterocycles. The molecule has 0 aromatic carbocycles. The number of aliphatic hydroxyl groups is 1. The van der Waals surface area contributed by atoms with Gasteiger partial charge in [-0.2, -0.15) is 5.10 Å². The number of anilines is 1. The summed E-state index contributed by atoms with van der Waals surface area (Å²) in [7, 11) is 1.91. The van der Waals surface area contributed by atoms with Crippen LogP contribution in [0.4, 0.5) is 14.7 Å². The summed E-state index contributed by atoms with van der Waals surface area (Å²) < 4.78 is 29.1. The molecule has 0 unspecified atom stereocenters. The van der Waals surface area contributed by atoms with Gasteiger partial charge in [-0.3, -0.25) is 9.67 Å². The zero-order chi connectivity index (χ0) is 21.3. The number of nitrogens with one attached hydrogen (secondary N) is 1. The van der Waals surface area contributed by atoms with Gasteiger partial charge in [0.2, 0.25) is 5.95 Å². The third kappa shape index (κ3) is 4.13. The summed E-state index contributed by atoms with van der Waals surface area (Å²) in [4.78, 5) is 13.1. The molecule has 0 spiro atoms. The van der Waals surface area contributed by atoms with Gasteiger partial charge in [0.1, 0.15) is 12.2 Å². The fourth-order valence-corrected chi connectivity index (χ4v) is 3.16. The molecule has 4 heterocycles. The largest absolute Gasteiger partial charge is 0.392 e. The molecular weight excluding hydrogens is 392 g/mol. The summed E-state index contributed by atoms with van der Waals surface area (Å²) in [6.45, 7) is 1.41. The highest BCUT2D eigenvalue weighted by Gasteiger charge is 2.18. The van der Waals surface area contributed by atoms with E-state index in [9.17, 15) is 13.9 Å². The standard InChI is InChI=1S/C20H21F2N7O/c1-12(30)8-25-20-23-5-3-15(26-20)14-10-29(11-18(21)22)27-19(14)13-7-17-16(24-9-13)4-6-28(17)2/h3-7,9-10,12,18,30H,8,11H2,1-2H3,(H,23,25,26)/t12-/m0/s1. The Hall–Kier alpha value is -3.40. The van der Waals surface area contributed by atoms with Gasteiger partial charge in [0.25, 0.3) is 6.43 Å². The van der Waals surface area contributed by atoms with Crippen molar-refractivity contribution in [3.63, 3.8) is 0 Å². The molecule has 156 valence electrons. The number of aryl methyl sites for hydroxylation is 1. The number of alkyl halides is 2. The van der Waals surface area contributed by atoms with E-state index in [1.54, 1.807) is 31.6 Å². The maximum absolute atomic E-state index is 13.0. The van der Waals surface area contributed by atoms with Crippen LogP contribution in [0.1, 0.15) is 6.92 Å². The molecule has 0 saturated heterocycles. The molecule has 10 heteroatoms. The van der Waals surface area contributed by atoms with Crippen molar-refractivity contribution in [2.75, 3.05) is 11.9 Å². The van der Waals surface area contributed by atoms with Crippen LogP contribution in [-0.2, 0) is 13.6 Å². The van der Waals surface area contributed by atoms with Crippen molar-refractivity contribution in [2.24, 2.45) is 7.05 Å². The van der Waals surface area contributed by atoms with E-state index < -0.39 is 19.1 Å². The summed E-state index contributed by atoms with van der Waals surface area (Å²) in [5, 5.41) is 16.8. The van der Waals surface area contributed by atoms with E-state index in [2.05, 4.69) is 25.4 Å². The summed E-state index contributed by atoms with van der Waals surface area (Å²) >= 11 is 0. The number of hydrogen-bond acceptors (Lipinski definition) is 6. The normalized spacial score (nSPS) is 12.6. The van der Waals surface area contributed by atoms with Crippen LogP contribution in [0, 0.1) is 0 Å². The molecule has 0 radical (unpaired) electrons. The number of aromatic nitrogens is 6. The van der Waals surface area contributed by atoms with Crippen molar-refractivity contribution in [3.05, 3.63) is 43.0 Å². The summed E-state index contributed by atoms with van der Waals surface area (Å²) in [6, 6.07) is 5.52. The lowest BCUT2D eigenvalue weighted by Crippen LogP contribution is -2.16. The maximum Gasteiger partial charge on any atom is 0.257 e. The van der Waals surface area contributed by atoms with Gasteiger partial charge in [0.15, 0.2) is 0 Å². The van der Waals surface area contributed by atoms with Crippen LogP contribution in [-0.4, -0.2) is 53.5 Å². The Morgan fingerprint density at radius 1 is 1.23 bits per heavy atom. The van der Waals surface area contributed by atoms with Gasteiger partial charge >= 0.3 is 0 Å². The molecule has 0 amide bonds. The Kier molecular flexibility index (Phi) is 5.40. The number of pyridine rings is 1. The lowest BCUT2D eigenvalue weighted by Gasteiger charge is -2.08. The minimum absolute atomic E-state index is 0.287. The summed E-state index contributed by atoms with van der Waals surface area (Å²) in [5.41, 5.74) is 4.07. The van der Waals surface area contributed by atoms with Crippen molar-refractivity contribution in [1.29, 1.82) is 0 Å². The highest BCUT2D eigenvalue weighted by Crippen LogP contribution is 2.31. The predicted octanol–water partition coefficient (Wildman–Crippen LogP) is 2.95. The first kappa shape index (κ1) is 19.9. The Morgan fingerprint density at radius 2 is 2.07 bits per heavy atom. The molecule has 0 fully saturated rings. The summed E-state index contributed by atoms with van der Waals surface area (Å²) in [5.74, 6) is 0.331. The third-order valence-electron chi connectivity index (χ3n) is 4.58. The minimum atomic E-state index is -2.53. The highest BCUT2D eigenvalue weighted by molar-refractivity contribution is 5.85. The third-order valence-corrected chi connectivity index (χ3v) is 4.58. The first-order valence-electron chi connectivity index (χ1n) is 9.43. The molecule has 2 N–H and O–H groups in total. The molecule has 0 aliphatic heterocycles. The molecule has 4 rings (SSSR count). The maximum atomic E-state index is 13.0. The molecule has 1 atom stereocenters. The number of nitrogens with zero attached hydrogens (tertiary/aromatic N) is 6. The lowest BCUT2D eigenvalue weighted by molar-refractivity contribution is 0.122. The van der Waals surface area contributed by atoms with Crippen LogP contribution in [0.5, 0.6) is 0 Å². The molecule has 0 aliphatic carbocycles. The monoisotopic (exact) mass is 413 g/mol. The fourth-order valence-electron chi connectivity index (χ4n) is 3.16. The zero-order valence-corrected chi connectivity index (χ0v) is 16.5. The van der Waals surface area contributed by atoms with E-state index in [1.165, 1.54) is 4.68 Å². The van der Waals surface area contributed by atoms with Crippen molar-refractivity contribution in [2.45, 2.75) is 26.0 Å². The van der Waals surface area contributed by atoms with Crippen molar-refractivity contribution in [3.8, 4) is 22.5 Å². The molecule has 0 saturated carbocycles. The zero-order valence-electron chi connectivity index (χ0n) is 16.5. The van der Waals surface area contributed by atoms with Crippen molar-refractivity contribution < 1.29 is 13.9 Å². The lowest BCUT2D eigenvalue weighted by atomic mass is 10.1. The van der Waals surface area contributed by atoms with Gasteiger partial charge in [0.05, 0.1) is 22.8 Å². The molecule has 8 nitrogen and oxygen atoms in total. The van der Waals surface area contributed by atoms with Crippen LogP contribution in [0.15, 0.2) is 43.0 Å². The van der Waals surface area contributed by atoms with E-state index in [1.807, 2.05) is 29.9 Å². The first-order valence-corrected chi connectivity index (χ1v) is 9.43. The Bertz CT molecular complexity index is 1170. The van der Waals surface area contributed by atoms with Gasteiger partial charge in [-0.15, -0.1) is 0 Å². The molecule has 4 aromatic rings. The topological polar surface area (TPSA) is 93.7 Å². The Labute approximate surface area is 171 Å². The fraction of sp³-hybridized carbons (Fsp3) is 0.300. The molecule has 0 aliphatic rings. The van der Waals surface area contributed by atoms with Gasteiger partial charge < -0.3 is 15.0 Å². The number of fused-ring (bicyclic) bond motifs is 1. The minimum Gasteiger partial charge on any atom is -0.392 e. The second-order valence-corrected chi connectivity index (χ2v) is 7.05. The average molecular weight is 413 g/mol. The Morgan fingerprint density at radius 3 is 2.83 bits per heavy atom. The molecule has 0 bridgehead atoms. The SMILES string of the molecule is C[C@H](O)CNc1nccc(-c2cn(CC(F)F)nc2-c2cnc3ccn(C)c3c2)n1. The van der Waals surface area contributed by atoms with Crippen LogP contribution in [0.25, 0.3) is 33.5 Å². The number of aliphatic hydroxyl groups excluding tert-OH is 1. The Balaban J connectivity index is 1.79. The highest BCUT2D eigenvalue weighted by atomic mass is 19.3. The smallest absolute Gasteiger partial charge is 0.257 e. The number of hydrogen-bond donors (Lipinski definition) is 2. The number of rotatable bonds is 7. The number of halogens is 2. The summed E-state index contributed by atoms with van der Waals surface area (Å²) in [6.07, 6.45) is 3.60. The van der Waals surface area contributed by atoms with Gasteiger partial charge in [0, 0.05) is 49.5 Å². The van der Waals surface area contributed by atoms with E-state index in [0.717, 1.165) is 11.0 Å². The molecule has 30 heavy (non-hydrogen) atoms. The van der Waals surface area contributed by atoms with Crippen LogP contribution in [0.2, 0.25) is 0 Å². The van der Waals surface area contributed by atoms with Crippen molar-refractivity contribution in [1.82, 2.24) is 29.3 Å². The van der Waals surface area contributed by atoms with Gasteiger partial charge in [-0.05, 0) is 25.1 Å². The second-order valence-electron chi connectivity index (χ2n) is 7.05.